The Morgan fingerprint density at radius 3 is 2.45 bits per heavy atom. The summed E-state index contributed by atoms with van der Waals surface area (Å²) in [6.07, 6.45) is 1.22. The molecule has 0 radical (unpaired) electrons. The van der Waals surface area contributed by atoms with E-state index in [1.165, 1.54) is 0 Å². The molecule has 0 aromatic rings. The lowest BCUT2D eigenvalue weighted by Crippen LogP contribution is -2.44. The summed E-state index contributed by atoms with van der Waals surface area (Å²) in [7, 11) is 1.60. The van der Waals surface area contributed by atoms with Gasteiger partial charge >= 0.3 is 5.97 Å². The van der Waals surface area contributed by atoms with E-state index in [0.717, 1.165) is 12.8 Å². The third-order valence-corrected chi connectivity index (χ3v) is 4.43. The number of aliphatic hydroxyl groups is 1. The minimum Gasteiger partial charge on any atom is -0.457 e. The van der Waals surface area contributed by atoms with Gasteiger partial charge in [0.25, 0.3) is 0 Å². The Kier molecular flexibility index (Phi) is 6.04. The van der Waals surface area contributed by atoms with Crippen LogP contribution >= 0.6 is 0 Å². The van der Waals surface area contributed by atoms with Crippen LogP contribution in [-0.4, -0.2) is 35.7 Å². The maximum absolute atomic E-state index is 11.9. The van der Waals surface area contributed by atoms with E-state index in [1.54, 1.807) is 27.9 Å². The SMILES string of the molecule is CC[C@H](C)C[C@@](C)(OC)[C@H](O)CC1=C(C)C(=O)OC(C)(C)O1. The molecular formula is C17H30O5. The molecule has 3 atom stereocenters. The topological polar surface area (TPSA) is 65.0 Å². The van der Waals surface area contributed by atoms with Crippen LogP contribution in [0.15, 0.2) is 11.3 Å². The van der Waals surface area contributed by atoms with Gasteiger partial charge in [0.15, 0.2) is 0 Å². The number of carbonyl (C=O) groups excluding carboxylic acids is 1. The van der Waals surface area contributed by atoms with E-state index >= 15 is 0 Å². The maximum atomic E-state index is 11.9. The van der Waals surface area contributed by atoms with Crippen molar-refractivity contribution in [2.45, 2.75) is 78.3 Å². The summed E-state index contributed by atoms with van der Waals surface area (Å²) in [5, 5.41) is 10.6. The van der Waals surface area contributed by atoms with Gasteiger partial charge in [0.05, 0.1) is 17.3 Å². The van der Waals surface area contributed by atoms with Gasteiger partial charge in [-0.25, -0.2) is 4.79 Å². The Hall–Kier alpha value is -1.07. The molecule has 1 aliphatic heterocycles. The zero-order valence-corrected chi connectivity index (χ0v) is 14.9. The summed E-state index contributed by atoms with van der Waals surface area (Å²) in [6.45, 7) is 11.1. The largest absolute Gasteiger partial charge is 0.457 e. The summed E-state index contributed by atoms with van der Waals surface area (Å²) in [5.41, 5.74) is -0.280. The molecule has 5 heteroatoms. The molecular weight excluding hydrogens is 284 g/mol. The van der Waals surface area contributed by atoms with Crippen molar-refractivity contribution in [3.05, 3.63) is 11.3 Å². The summed E-state index contributed by atoms with van der Waals surface area (Å²) < 4.78 is 16.5. The van der Waals surface area contributed by atoms with Crippen LogP contribution in [0.5, 0.6) is 0 Å². The molecule has 128 valence electrons. The van der Waals surface area contributed by atoms with Gasteiger partial charge < -0.3 is 19.3 Å². The zero-order chi connectivity index (χ0) is 17.1. The van der Waals surface area contributed by atoms with E-state index in [9.17, 15) is 9.90 Å². The monoisotopic (exact) mass is 314 g/mol. The van der Waals surface area contributed by atoms with Crippen LogP contribution in [0.4, 0.5) is 0 Å². The number of hydrogen-bond acceptors (Lipinski definition) is 5. The fraction of sp³-hybridized carbons (Fsp3) is 0.824. The van der Waals surface area contributed by atoms with E-state index in [1.807, 2.05) is 6.92 Å². The van der Waals surface area contributed by atoms with E-state index in [4.69, 9.17) is 14.2 Å². The highest BCUT2D eigenvalue weighted by atomic mass is 16.7. The fourth-order valence-corrected chi connectivity index (χ4v) is 2.59. The van der Waals surface area contributed by atoms with Gasteiger partial charge in [0.2, 0.25) is 5.79 Å². The Bertz CT molecular complexity index is 440. The predicted molar refractivity (Wildman–Crippen MR) is 84.1 cm³/mol. The van der Waals surface area contributed by atoms with E-state index in [0.29, 0.717) is 17.3 Å². The molecule has 0 aromatic heterocycles. The normalized spacial score (nSPS) is 23.4. The molecule has 0 aliphatic carbocycles. The average Bonchev–Trinajstić information content (AvgIpc) is 2.43. The van der Waals surface area contributed by atoms with Crippen molar-refractivity contribution in [2.24, 2.45) is 5.92 Å². The predicted octanol–water partition coefficient (Wildman–Crippen LogP) is 3.16. The highest BCUT2D eigenvalue weighted by molar-refractivity contribution is 5.89. The van der Waals surface area contributed by atoms with Crippen molar-refractivity contribution >= 4 is 5.97 Å². The molecule has 1 aliphatic rings. The average molecular weight is 314 g/mol. The Morgan fingerprint density at radius 2 is 1.95 bits per heavy atom. The molecule has 5 nitrogen and oxygen atoms in total. The summed E-state index contributed by atoms with van der Waals surface area (Å²) in [4.78, 5) is 11.9. The molecule has 0 saturated carbocycles. The lowest BCUT2D eigenvalue weighted by Gasteiger charge is -2.38. The van der Waals surface area contributed by atoms with Gasteiger partial charge in [-0.3, -0.25) is 0 Å². The number of esters is 1. The quantitative estimate of drug-likeness (QED) is 0.731. The summed E-state index contributed by atoms with van der Waals surface area (Å²) in [6, 6.07) is 0. The van der Waals surface area contributed by atoms with Crippen LogP contribution < -0.4 is 0 Å². The molecule has 0 fully saturated rings. The van der Waals surface area contributed by atoms with Crippen LogP contribution in [0.2, 0.25) is 0 Å². The van der Waals surface area contributed by atoms with Crippen LogP contribution in [0.1, 0.15) is 60.8 Å². The summed E-state index contributed by atoms with van der Waals surface area (Å²) in [5.74, 6) is -0.504. The van der Waals surface area contributed by atoms with Crippen molar-refractivity contribution < 1.29 is 24.1 Å². The minimum absolute atomic E-state index is 0.227. The second-order valence-electron chi connectivity index (χ2n) is 6.89. The molecule has 0 saturated heterocycles. The standard InChI is InChI=1S/C17H30O5/c1-8-11(2)10-17(6,20-7)14(18)9-13-12(3)15(19)22-16(4,5)21-13/h11,14,18H,8-10H2,1-7H3/t11-,14+,17+/m0/s1. The first-order chi connectivity index (χ1) is 10.0. The summed E-state index contributed by atoms with van der Waals surface area (Å²) >= 11 is 0. The molecule has 1 rings (SSSR count). The zero-order valence-electron chi connectivity index (χ0n) is 14.9. The van der Waals surface area contributed by atoms with Crippen molar-refractivity contribution in [3.8, 4) is 0 Å². The first-order valence-corrected chi connectivity index (χ1v) is 7.90. The van der Waals surface area contributed by atoms with E-state index < -0.39 is 23.5 Å². The Morgan fingerprint density at radius 1 is 1.36 bits per heavy atom. The number of ether oxygens (including phenoxy) is 3. The Balaban J connectivity index is 2.91. The van der Waals surface area contributed by atoms with Crippen LogP contribution in [0, 0.1) is 5.92 Å². The molecule has 0 unspecified atom stereocenters. The number of cyclic esters (lactones) is 1. The van der Waals surface area contributed by atoms with Crippen LogP contribution in [0.3, 0.4) is 0 Å². The smallest absolute Gasteiger partial charge is 0.340 e. The van der Waals surface area contributed by atoms with Crippen molar-refractivity contribution in [3.63, 3.8) is 0 Å². The van der Waals surface area contributed by atoms with Gasteiger partial charge in [-0.1, -0.05) is 20.3 Å². The molecule has 0 amide bonds. The van der Waals surface area contributed by atoms with Gasteiger partial charge in [-0.15, -0.1) is 0 Å². The minimum atomic E-state index is -1.01. The first kappa shape index (κ1) is 19.0. The third-order valence-electron chi connectivity index (χ3n) is 4.43. The van der Waals surface area contributed by atoms with Crippen LogP contribution in [-0.2, 0) is 19.0 Å². The number of rotatable bonds is 7. The van der Waals surface area contributed by atoms with Gasteiger partial charge in [0.1, 0.15) is 5.76 Å². The highest BCUT2D eigenvalue weighted by Crippen LogP contribution is 2.34. The van der Waals surface area contributed by atoms with Gasteiger partial charge in [0, 0.05) is 27.4 Å². The number of methoxy groups -OCH3 is 1. The lowest BCUT2D eigenvalue weighted by molar-refractivity contribution is -0.211. The molecule has 22 heavy (non-hydrogen) atoms. The highest BCUT2D eigenvalue weighted by Gasteiger charge is 2.39. The number of hydrogen-bond donors (Lipinski definition) is 1. The Labute approximate surface area is 133 Å². The number of aliphatic hydroxyl groups excluding tert-OH is 1. The molecule has 1 N–H and O–H groups in total. The maximum Gasteiger partial charge on any atom is 0.340 e. The third kappa shape index (κ3) is 4.46. The van der Waals surface area contributed by atoms with E-state index in [2.05, 4.69) is 13.8 Å². The van der Waals surface area contributed by atoms with Crippen molar-refractivity contribution in [1.29, 1.82) is 0 Å². The molecule has 1 heterocycles. The fourth-order valence-electron chi connectivity index (χ4n) is 2.59. The van der Waals surface area contributed by atoms with Crippen molar-refractivity contribution in [1.82, 2.24) is 0 Å². The second-order valence-corrected chi connectivity index (χ2v) is 6.89. The lowest BCUT2D eigenvalue weighted by atomic mass is 9.85. The number of carbonyl (C=O) groups is 1. The van der Waals surface area contributed by atoms with Gasteiger partial charge in [-0.05, 0) is 26.2 Å². The van der Waals surface area contributed by atoms with E-state index in [-0.39, 0.29) is 6.42 Å². The molecule has 0 spiro atoms. The first-order valence-electron chi connectivity index (χ1n) is 7.90. The molecule has 0 aromatic carbocycles. The molecule has 0 bridgehead atoms. The van der Waals surface area contributed by atoms with Crippen LogP contribution in [0.25, 0.3) is 0 Å². The van der Waals surface area contributed by atoms with Gasteiger partial charge in [-0.2, -0.15) is 0 Å². The second kappa shape index (κ2) is 7.01. The van der Waals surface area contributed by atoms with Crippen molar-refractivity contribution in [2.75, 3.05) is 7.11 Å².